The maximum atomic E-state index is 11.2. The summed E-state index contributed by atoms with van der Waals surface area (Å²) in [5, 5.41) is 32.1. The van der Waals surface area contributed by atoms with Crippen LogP contribution in [0, 0.1) is 47.3 Å². The van der Waals surface area contributed by atoms with Crippen LogP contribution in [0.1, 0.15) is 52.4 Å². The molecule has 0 aromatic carbocycles. The van der Waals surface area contributed by atoms with E-state index in [2.05, 4.69) is 19.8 Å². The van der Waals surface area contributed by atoms with Crippen LogP contribution in [0.25, 0.3) is 0 Å². The topological polar surface area (TPSA) is 60.7 Å². The second kappa shape index (κ2) is 5.34. The molecule has 9 atom stereocenters. The first kappa shape index (κ1) is 16.6. The van der Waals surface area contributed by atoms with Crippen molar-refractivity contribution in [3.8, 4) is 12.3 Å². The molecule has 3 saturated carbocycles. The standard InChI is InChI=1S/C21H30O3/c1-4-21(24)12(2)9-17-19-16(7-8-20(17,21)3)15-6-5-14(22)10-13(15)11-18(19)23/h1,11-12,14-19,22-24H,5-10H2,2-3H3/t12-,14-,15+,16?,17?,18?,19?,20+,21+/m1/s1. The van der Waals surface area contributed by atoms with Gasteiger partial charge in [-0.3, -0.25) is 0 Å². The smallest absolute Gasteiger partial charge is 0.133 e. The molecule has 0 radical (unpaired) electrons. The maximum absolute atomic E-state index is 11.2. The zero-order valence-electron chi connectivity index (χ0n) is 14.8. The van der Waals surface area contributed by atoms with E-state index in [1.54, 1.807) is 0 Å². The van der Waals surface area contributed by atoms with Gasteiger partial charge in [-0.05, 0) is 68.1 Å². The van der Waals surface area contributed by atoms with Crippen molar-refractivity contribution in [1.29, 1.82) is 0 Å². The number of terminal acetylenes is 1. The Hall–Kier alpha value is -0.820. The highest BCUT2D eigenvalue weighted by atomic mass is 16.3. The summed E-state index contributed by atoms with van der Waals surface area (Å²) >= 11 is 0. The van der Waals surface area contributed by atoms with Crippen LogP contribution < -0.4 is 0 Å². The van der Waals surface area contributed by atoms with Gasteiger partial charge in [0.2, 0.25) is 0 Å². The van der Waals surface area contributed by atoms with E-state index in [4.69, 9.17) is 6.42 Å². The van der Waals surface area contributed by atoms with E-state index in [9.17, 15) is 15.3 Å². The van der Waals surface area contributed by atoms with Crippen LogP contribution in [0.4, 0.5) is 0 Å². The van der Waals surface area contributed by atoms with Gasteiger partial charge in [0.15, 0.2) is 0 Å². The Morgan fingerprint density at radius 3 is 2.71 bits per heavy atom. The zero-order valence-corrected chi connectivity index (χ0v) is 14.8. The Kier molecular flexibility index (Phi) is 3.70. The van der Waals surface area contributed by atoms with Gasteiger partial charge in [-0.15, -0.1) is 6.42 Å². The van der Waals surface area contributed by atoms with Crippen molar-refractivity contribution in [2.75, 3.05) is 0 Å². The van der Waals surface area contributed by atoms with E-state index in [0.717, 1.165) is 38.5 Å². The Balaban J connectivity index is 1.72. The average molecular weight is 330 g/mol. The lowest BCUT2D eigenvalue weighted by atomic mass is 9.50. The molecule has 0 spiro atoms. The third-order valence-corrected chi connectivity index (χ3v) is 8.24. The molecule has 0 aliphatic heterocycles. The molecule has 4 aliphatic carbocycles. The molecule has 0 heterocycles. The Morgan fingerprint density at radius 1 is 1.25 bits per heavy atom. The first-order chi connectivity index (χ1) is 11.3. The molecule has 0 aromatic heterocycles. The predicted octanol–water partition coefficient (Wildman–Crippen LogP) is 2.50. The summed E-state index contributed by atoms with van der Waals surface area (Å²) in [6.07, 6.45) is 12.5. The van der Waals surface area contributed by atoms with Crippen molar-refractivity contribution < 1.29 is 15.3 Å². The third kappa shape index (κ3) is 1.97. The van der Waals surface area contributed by atoms with Crippen molar-refractivity contribution in [1.82, 2.24) is 0 Å². The highest BCUT2D eigenvalue weighted by Gasteiger charge is 2.65. The quantitative estimate of drug-likeness (QED) is 0.472. The van der Waals surface area contributed by atoms with Crippen LogP contribution in [-0.4, -0.2) is 33.1 Å². The minimum atomic E-state index is -1.06. The molecule has 3 heteroatoms. The largest absolute Gasteiger partial charge is 0.393 e. The van der Waals surface area contributed by atoms with Crippen molar-refractivity contribution in [3.63, 3.8) is 0 Å². The van der Waals surface area contributed by atoms with Gasteiger partial charge in [-0.25, -0.2) is 0 Å². The van der Waals surface area contributed by atoms with E-state index in [0.29, 0.717) is 11.8 Å². The summed E-state index contributed by atoms with van der Waals surface area (Å²) in [6.45, 7) is 4.21. The molecule has 3 fully saturated rings. The first-order valence-corrected chi connectivity index (χ1v) is 9.58. The van der Waals surface area contributed by atoms with E-state index in [1.165, 1.54) is 5.57 Å². The van der Waals surface area contributed by atoms with Crippen LogP contribution in [0.15, 0.2) is 11.6 Å². The van der Waals surface area contributed by atoms with Crippen LogP contribution >= 0.6 is 0 Å². The number of hydrogen-bond donors (Lipinski definition) is 3. The first-order valence-electron chi connectivity index (χ1n) is 9.58. The molecule has 132 valence electrons. The van der Waals surface area contributed by atoms with E-state index >= 15 is 0 Å². The molecule has 0 bridgehead atoms. The molecule has 3 N–H and O–H groups in total. The van der Waals surface area contributed by atoms with Crippen LogP contribution in [0.2, 0.25) is 0 Å². The Bertz CT molecular complexity index is 605. The van der Waals surface area contributed by atoms with Gasteiger partial charge in [-0.1, -0.05) is 31.4 Å². The Morgan fingerprint density at radius 2 is 2.00 bits per heavy atom. The summed E-state index contributed by atoms with van der Waals surface area (Å²) in [6, 6.07) is 0. The highest BCUT2D eigenvalue weighted by molar-refractivity contribution is 5.29. The average Bonchev–Trinajstić information content (AvgIpc) is 2.75. The maximum Gasteiger partial charge on any atom is 0.133 e. The van der Waals surface area contributed by atoms with Gasteiger partial charge >= 0.3 is 0 Å². The molecule has 3 nitrogen and oxygen atoms in total. The fourth-order valence-electron chi connectivity index (χ4n) is 6.93. The van der Waals surface area contributed by atoms with E-state index in [1.807, 2.05) is 6.08 Å². The van der Waals surface area contributed by atoms with Crippen molar-refractivity contribution in [3.05, 3.63) is 11.6 Å². The molecule has 4 aliphatic rings. The molecule has 4 unspecified atom stereocenters. The van der Waals surface area contributed by atoms with Gasteiger partial charge in [0, 0.05) is 5.41 Å². The van der Waals surface area contributed by atoms with E-state index in [-0.39, 0.29) is 29.3 Å². The van der Waals surface area contributed by atoms with Crippen molar-refractivity contribution in [2.45, 2.75) is 70.2 Å². The second-order valence-corrected chi connectivity index (χ2v) is 9.13. The zero-order chi connectivity index (χ0) is 17.3. The summed E-state index contributed by atoms with van der Waals surface area (Å²) in [7, 11) is 0. The second-order valence-electron chi connectivity index (χ2n) is 9.13. The van der Waals surface area contributed by atoms with Crippen LogP contribution in [0.5, 0.6) is 0 Å². The number of aliphatic hydroxyl groups excluding tert-OH is 2. The summed E-state index contributed by atoms with van der Waals surface area (Å²) in [5.41, 5.74) is -0.0952. The minimum Gasteiger partial charge on any atom is -0.393 e. The van der Waals surface area contributed by atoms with Gasteiger partial charge in [0.05, 0.1) is 12.2 Å². The summed E-state index contributed by atoms with van der Waals surface area (Å²) < 4.78 is 0. The Labute approximate surface area is 145 Å². The fraction of sp³-hybridized carbons (Fsp3) is 0.810. The molecule has 0 aromatic rings. The van der Waals surface area contributed by atoms with Crippen LogP contribution in [0.3, 0.4) is 0 Å². The molecular weight excluding hydrogens is 300 g/mol. The molecule has 24 heavy (non-hydrogen) atoms. The normalized spacial score (nSPS) is 56.5. The monoisotopic (exact) mass is 330 g/mol. The molecular formula is C21H30O3. The van der Waals surface area contributed by atoms with Crippen LogP contribution in [-0.2, 0) is 0 Å². The summed E-state index contributed by atoms with van der Waals surface area (Å²) in [5.74, 6) is 4.23. The number of fused-ring (bicyclic) bond motifs is 5. The molecule has 0 amide bonds. The van der Waals surface area contributed by atoms with Gasteiger partial charge < -0.3 is 15.3 Å². The number of hydrogen-bond acceptors (Lipinski definition) is 3. The SMILES string of the molecule is C#C[C@]1(O)[C@H](C)CC2C3C(O)C=C4C[C@H](O)CC[C@@H]4C3CC[C@@]21C. The van der Waals surface area contributed by atoms with Crippen molar-refractivity contribution in [2.24, 2.45) is 35.0 Å². The third-order valence-electron chi connectivity index (χ3n) is 8.24. The van der Waals surface area contributed by atoms with Gasteiger partial charge in [-0.2, -0.15) is 0 Å². The number of aliphatic hydroxyl groups is 3. The summed E-state index contributed by atoms with van der Waals surface area (Å²) in [4.78, 5) is 0. The van der Waals surface area contributed by atoms with Crippen molar-refractivity contribution >= 4 is 0 Å². The highest BCUT2D eigenvalue weighted by Crippen LogP contribution is 2.65. The molecule has 4 rings (SSSR count). The number of rotatable bonds is 0. The molecule has 0 saturated heterocycles. The van der Waals surface area contributed by atoms with E-state index < -0.39 is 11.7 Å². The van der Waals surface area contributed by atoms with Gasteiger partial charge in [0.1, 0.15) is 5.60 Å². The van der Waals surface area contributed by atoms with Gasteiger partial charge in [0.25, 0.3) is 0 Å². The lowest BCUT2D eigenvalue weighted by Gasteiger charge is -2.55. The fourth-order valence-corrected chi connectivity index (χ4v) is 6.93. The lowest BCUT2D eigenvalue weighted by Crippen LogP contribution is -2.55. The lowest BCUT2D eigenvalue weighted by molar-refractivity contribution is -0.113. The predicted molar refractivity (Wildman–Crippen MR) is 92.8 cm³/mol. The minimum absolute atomic E-state index is 0.0713.